The molecule has 1 rings (SSSR count). The van der Waals surface area contributed by atoms with Gasteiger partial charge >= 0.3 is 0 Å². The van der Waals surface area contributed by atoms with Crippen LogP contribution >= 0.6 is 23.2 Å². The number of nitrogens with zero attached hydrogens (tertiary/aromatic N) is 1. The molecule has 0 aliphatic rings. The van der Waals surface area contributed by atoms with E-state index in [4.69, 9.17) is 27.6 Å². The zero-order valence-corrected chi connectivity index (χ0v) is 8.12. The largest absolute Gasteiger partial charge is 0.427 e. The summed E-state index contributed by atoms with van der Waals surface area (Å²) in [5.74, 6) is 0.563. The Hall–Kier alpha value is -0.210. The van der Waals surface area contributed by atoms with Gasteiger partial charge < -0.3 is 4.42 Å². The summed E-state index contributed by atoms with van der Waals surface area (Å²) in [6.45, 7) is 5.93. The van der Waals surface area contributed by atoms with Crippen LogP contribution in [0, 0.1) is 0 Å². The molecule has 0 aliphatic heterocycles. The Morgan fingerprint density at radius 2 is 1.82 bits per heavy atom. The summed E-state index contributed by atoms with van der Waals surface area (Å²) in [6.07, 6.45) is 0. The van der Waals surface area contributed by atoms with E-state index in [1.807, 2.05) is 20.8 Å². The highest BCUT2D eigenvalue weighted by Gasteiger charge is 2.22. The average molecular weight is 194 g/mol. The van der Waals surface area contributed by atoms with Crippen LogP contribution in [-0.2, 0) is 5.41 Å². The Labute approximate surface area is 75.5 Å². The zero-order chi connectivity index (χ0) is 8.65. The lowest BCUT2D eigenvalue weighted by molar-refractivity contribution is 0.393. The molecule has 62 valence electrons. The first-order valence-corrected chi connectivity index (χ1v) is 3.99. The van der Waals surface area contributed by atoms with Crippen molar-refractivity contribution >= 4 is 23.2 Å². The normalized spacial score (nSPS) is 12.1. The number of rotatable bonds is 0. The maximum Gasteiger partial charge on any atom is 0.233 e. The lowest BCUT2D eigenvalue weighted by Crippen LogP contribution is -2.10. The highest BCUT2D eigenvalue weighted by atomic mass is 35.5. The van der Waals surface area contributed by atoms with Crippen molar-refractivity contribution in [2.24, 2.45) is 0 Å². The number of hydrogen-bond acceptors (Lipinski definition) is 2. The minimum Gasteiger partial charge on any atom is -0.427 e. The van der Waals surface area contributed by atoms with E-state index in [1.54, 1.807) is 0 Å². The Morgan fingerprint density at radius 3 is 2.00 bits per heavy atom. The van der Waals surface area contributed by atoms with Crippen molar-refractivity contribution in [2.75, 3.05) is 0 Å². The molecule has 0 aliphatic carbocycles. The lowest BCUT2D eigenvalue weighted by Gasteiger charge is -2.11. The zero-order valence-electron chi connectivity index (χ0n) is 6.61. The van der Waals surface area contributed by atoms with Gasteiger partial charge in [0.1, 0.15) is 0 Å². The van der Waals surface area contributed by atoms with Crippen LogP contribution in [0.3, 0.4) is 0 Å². The monoisotopic (exact) mass is 193 g/mol. The number of hydrogen-bond donors (Lipinski definition) is 0. The molecular weight excluding hydrogens is 185 g/mol. The average Bonchev–Trinajstić information content (AvgIpc) is 2.11. The molecular formula is C7H9Cl2NO. The predicted octanol–water partition coefficient (Wildman–Crippen LogP) is 3.28. The van der Waals surface area contributed by atoms with Crippen LogP contribution in [0.5, 0.6) is 0 Å². The summed E-state index contributed by atoms with van der Waals surface area (Å²) < 4.78 is 5.10. The third kappa shape index (κ3) is 1.88. The van der Waals surface area contributed by atoms with Gasteiger partial charge in [-0.15, -0.1) is 0 Å². The van der Waals surface area contributed by atoms with Gasteiger partial charge in [0, 0.05) is 5.41 Å². The van der Waals surface area contributed by atoms with Gasteiger partial charge in [-0.3, -0.25) is 0 Å². The van der Waals surface area contributed by atoms with Crippen LogP contribution in [0.1, 0.15) is 26.7 Å². The fraction of sp³-hybridized carbons (Fsp3) is 0.571. The third-order valence-corrected chi connectivity index (χ3v) is 1.80. The number of aromatic nitrogens is 1. The fourth-order valence-electron chi connectivity index (χ4n) is 0.604. The Balaban J connectivity index is 3.08. The molecule has 1 aromatic heterocycles. The van der Waals surface area contributed by atoms with Gasteiger partial charge in [0.05, 0.1) is 0 Å². The maximum absolute atomic E-state index is 5.60. The van der Waals surface area contributed by atoms with Gasteiger partial charge in [-0.2, -0.15) is 4.98 Å². The van der Waals surface area contributed by atoms with Gasteiger partial charge in [0.15, 0.2) is 5.15 Å². The summed E-state index contributed by atoms with van der Waals surface area (Å²) >= 11 is 11.2. The fourth-order valence-corrected chi connectivity index (χ4v) is 0.834. The van der Waals surface area contributed by atoms with E-state index in [-0.39, 0.29) is 15.8 Å². The van der Waals surface area contributed by atoms with E-state index in [9.17, 15) is 0 Å². The molecule has 11 heavy (non-hydrogen) atoms. The maximum atomic E-state index is 5.60. The van der Waals surface area contributed by atoms with E-state index >= 15 is 0 Å². The first kappa shape index (κ1) is 8.88. The minimum atomic E-state index is -0.142. The first-order valence-electron chi connectivity index (χ1n) is 3.23. The van der Waals surface area contributed by atoms with Crippen LogP contribution in [-0.4, -0.2) is 4.98 Å². The van der Waals surface area contributed by atoms with E-state index < -0.39 is 0 Å². The first-order chi connectivity index (χ1) is 4.91. The van der Waals surface area contributed by atoms with Gasteiger partial charge in [0.25, 0.3) is 0 Å². The molecule has 0 amide bonds. The van der Waals surface area contributed by atoms with Crippen molar-refractivity contribution in [2.45, 2.75) is 26.2 Å². The molecule has 4 heteroatoms. The van der Waals surface area contributed by atoms with Crippen molar-refractivity contribution in [3.63, 3.8) is 0 Å². The molecule has 0 spiro atoms. The molecule has 0 atom stereocenters. The van der Waals surface area contributed by atoms with Crippen LogP contribution in [0.2, 0.25) is 10.4 Å². The molecule has 0 bridgehead atoms. The van der Waals surface area contributed by atoms with Gasteiger partial charge in [-0.05, 0) is 11.6 Å². The summed E-state index contributed by atoms with van der Waals surface area (Å²) in [5.41, 5.74) is -0.142. The molecule has 0 unspecified atom stereocenters. The van der Waals surface area contributed by atoms with Crippen LogP contribution in [0.4, 0.5) is 0 Å². The minimum absolute atomic E-state index is 0.142. The molecule has 0 aromatic carbocycles. The van der Waals surface area contributed by atoms with Crippen molar-refractivity contribution < 1.29 is 4.42 Å². The predicted molar refractivity (Wildman–Crippen MR) is 45.2 cm³/mol. The smallest absolute Gasteiger partial charge is 0.233 e. The second-order valence-electron chi connectivity index (χ2n) is 3.33. The van der Waals surface area contributed by atoms with Crippen molar-refractivity contribution in [1.29, 1.82) is 0 Å². The second kappa shape index (κ2) is 2.68. The molecule has 0 fully saturated rings. The molecule has 0 radical (unpaired) electrons. The summed E-state index contributed by atoms with van der Waals surface area (Å²) in [7, 11) is 0. The van der Waals surface area contributed by atoms with Crippen molar-refractivity contribution in [3.8, 4) is 0 Å². The van der Waals surface area contributed by atoms with Gasteiger partial charge in [0.2, 0.25) is 11.1 Å². The van der Waals surface area contributed by atoms with Crippen LogP contribution in [0.15, 0.2) is 4.42 Å². The molecule has 0 N–H and O–H groups in total. The Morgan fingerprint density at radius 1 is 1.27 bits per heavy atom. The highest BCUT2D eigenvalue weighted by molar-refractivity contribution is 6.40. The summed E-state index contributed by atoms with van der Waals surface area (Å²) in [6, 6.07) is 0. The molecule has 0 saturated carbocycles. The van der Waals surface area contributed by atoms with Crippen LogP contribution < -0.4 is 0 Å². The topological polar surface area (TPSA) is 26.0 Å². The SMILES string of the molecule is CC(C)(C)c1nc(Cl)c(Cl)o1. The highest BCUT2D eigenvalue weighted by Crippen LogP contribution is 2.29. The molecule has 1 aromatic rings. The van der Waals surface area contributed by atoms with Crippen molar-refractivity contribution in [1.82, 2.24) is 4.98 Å². The van der Waals surface area contributed by atoms with Gasteiger partial charge in [-0.25, -0.2) is 0 Å². The van der Waals surface area contributed by atoms with Crippen molar-refractivity contribution in [3.05, 3.63) is 16.3 Å². The lowest BCUT2D eigenvalue weighted by atomic mass is 9.97. The Kier molecular flexibility index (Phi) is 2.17. The third-order valence-electron chi connectivity index (χ3n) is 1.19. The molecule has 2 nitrogen and oxygen atoms in total. The van der Waals surface area contributed by atoms with Gasteiger partial charge in [-0.1, -0.05) is 32.4 Å². The summed E-state index contributed by atoms with van der Waals surface area (Å²) in [5, 5.41) is 0.396. The van der Waals surface area contributed by atoms with E-state index in [0.717, 1.165) is 0 Å². The molecule has 1 heterocycles. The summed E-state index contributed by atoms with van der Waals surface area (Å²) in [4.78, 5) is 3.95. The van der Waals surface area contributed by atoms with Crippen LogP contribution in [0.25, 0.3) is 0 Å². The second-order valence-corrected chi connectivity index (χ2v) is 4.03. The van der Waals surface area contributed by atoms with E-state index in [2.05, 4.69) is 4.98 Å². The molecule has 0 saturated heterocycles. The van der Waals surface area contributed by atoms with E-state index in [1.165, 1.54) is 0 Å². The number of halogens is 2. The van der Waals surface area contributed by atoms with E-state index in [0.29, 0.717) is 5.89 Å². The Bertz CT molecular complexity index is 242. The standard InChI is InChI=1S/C7H9Cl2NO/c1-7(2,3)6-10-4(8)5(9)11-6/h1-3H3. The quantitative estimate of drug-likeness (QED) is 0.633. The number of oxazole rings is 1.